The third-order valence-electron chi connectivity index (χ3n) is 1.20. The Morgan fingerprint density at radius 2 is 2.29 bits per heavy atom. The number of aliphatic hydroxyl groups excluding tert-OH is 1. The van der Waals surface area contributed by atoms with Gasteiger partial charge in [0.15, 0.2) is 0 Å². The van der Waals surface area contributed by atoms with Crippen molar-refractivity contribution in [2.24, 2.45) is 11.7 Å². The molecule has 40 valence electrons. The molecule has 1 fully saturated rings. The molecule has 0 amide bonds. The van der Waals surface area contributed by atoms with Gasteiger partial charge in [-0.05, 0) is 12.8 Å². The average molecular weight is 99.1 g/mol. The fraction of sp³-hybridized carbons (Fsp3) is 0.600. The fourth-order valence-corrected chi connectivity index (χ4v) is 0.522. The first-order chi connectivity index (χ1) is 3.34. The van der Waals surface area contributed by atoms with Crippen LogP contribution in [0.25, 0.3) is 0 Å². The van der Waals surface area contributed by atoms with Crippen LogP contribution < -0.4 is 5.73 Å². The largest absolute Gasteiger partial charge is 0.514 e. The van der Waals surface area contributed by atoms with Gasteiger partial charge in [-0.15, -0.1) is 0 Å². The lowest BCUT2D eigenvalue weighted by atomic mass is 10.3. The molecule has 2 heteroatoms. The molecule has 0 heterocycles. The molecule has 0 aromatic rings. The summed E-state index contributed by atoms with van der Waals surface area (Å²) in [5.41, 5.74) is 5.93. The standard InChI is InChI=1S/C5H9NO/c6-5(3-7)4-1-2-4/h3-4,7H,1-2,6H2/b5-3-. The molecule has 0 aromatic heterocycles. The predicted octanol–water partition coefficient (Wildman–Crippen LogP) is 0.755. The number of hydrogen-bond acceptors (Lipinski definition) is 2. The molecule has 0 unspecified atom stereocenters. The van der Waals surface area contributed by atoms with E-state index in [1.807, 2.05) is 0 Å². The molecule has 2 nitrogen and oxygen atoms in total. The van der Waals surface area contributed by atoms with Gasteiger partial charge >= 0.3 is 0 Å². The molecule has 0 atom stereocenters. The van der Waals surface area contributed by atoms with Crippen molar-refractivity contribution < 1.29 is 5.11 Å². The first kappa shape index (κ1) is 4.50. The minimum Gasteiger partial charge on any atom is -0.514 e. The maximum Gasteiger partial charge on any atom is 0.0981 e. The van der Waals surface area contributed by atoms with Crippen molar-refractivity contribution in [3.8, 4) is 0 Å². The van der Waals surface area contributed by atoms with Gasteiger partial charge in [0.05, 0.1) is 6.26 Å². The zero-order valence-electron chi connectivity index (χ0n) is 4.09. The van der Waals surface area contributed by atoms with Crippen LogP contribution in [0.1, 0.15) is 12.8 Å². The molecule has 0 spiro atoms. The lowest BCUT2D eigenvalue weighted by molar-refractivity contribution is 0.462. The highest BCUT2D eigenvalue weighted by atomic mass is 16.2. The Morgan fingerprint density at radius 1 is 1.71 bits per heavy atom. The average Bonchev–Trinajstić information content (AvgIpc) is 2.44. The maximum absolute atomic E-state index is 8.26. The summed E-state index contributed by atoms with van der Waals surface area (Å²) in [6.45, 7) is 0. The van der Waals surface area contributed by atoms with Crippen LogP contribution in [0.5, 0.6) is 0 Å². The summed E-state index contributed by atoms with van der Waals surface area (Å²) in [6.07, 6.45) is 3.31. The van der Waals surface area contributed by atoms with Gasteiger partial charge < -0.3 is 10.8 Å². The van der Waals surface area contributed by atoms with E-state index in [-0.39, 0.29) is 0 Å². The van der Waals surface area contributed by atoms with Gasteiger partial charge in [-0.25, -0.2) is 0 Å². The predicted molar refractivity (Wildman–Crippen MR) is 27.6 cm³/mol. The Hall–Kier alpha value is -0.660. The molecule has 1 saturated carbocycles. The van der Waals surface area contributed by atoms with Gasteiger partial charge in [0.25, 0.3) is 0 Å². The molecule has 1 aliphatic rings. The monoisotopic (exact) mass is 99.1 g/mol. The van der Waals surface area contributed by atoms with E-state index in [9.17, 15) is 0 Å². The Bertz CT molecular complexity index is 94.3. The van der Waals surface area contributed by atoms with Crippen LogP contribution in [-0.4, -0.2) is 5.11 Å². The highest BCUT2D eigenvalue weighted by Crippen LogP contribution is 2.33. The minimum absolute atomic E-state index is 0.505. The summed E-state index contributed by atoms with van der Waals surface area (Å²) in [4.78, 5) is 0. The molecule has 1 rings (SSSR count). The second-order valence-electron chi connectivity index (χ2n) is 1.90. The van der Waals surface area contributed by atoms with Crippen molar-refractivity contribution in [1.29, 1.82) is 0 Å². The van der Waals surface area contributed by atoms with Gasteiger partial charge in [-0.2, -0.15) is 0 Å². The van der Waals surface area contributed by atoms with Crippen LogP contribution in [0, 0.1) is 5.92 Å². The zero-order valence-corrected chi connectivity index (χ0v) is 4.09. The van der Waals surface area contributed by atoms with Gasteiger partial charge in [0, 0.05) is 11.6 Å². The van der Waals surface area contributed by atoms with Crippen molar-refractivity contribution in [2.75, 3.05) is 0 Å². The summed E-state index contributed by atoms with van der Waals surface area (Å²) in [5.74, 6) is 0.505. The Balaban J connectivity index is 2.37. The number of aliphatic hydroxyl groups is 1. The van der Waals surface area contributed by atoms with E-state index in [1.54, 1.807) is 0 Å². The van der Waals surface area contributed by atoms with Crippen molar-refractivity contribution in [2.45, 2.75) is 12.8 Å². The van der Waals surface area contributed by atoms with Crippen LogP contribution in [0.4, 0.5) is 0 Å². The molecule has 0 saturated heterocycles. The van der Waals surface area contributed by atoms with E-state index in [0.29, 0.717) is 11.6 Å². The van der Waals surface area contributed by atoms with Crippen molar-refractivity contribution in [3.63, 3.8) is 0 Å². The molecule has 7 heavy (non-hydrogen) atoms. The third-order valence-corrected chi connectivity index (χ3v) is 1.20. The Morgan fingerprint density at radius 3 is 2.43 bits per heavy atom. The molecule has 0 bridgehead atoms. The summed E-state index contributed by atoms with van der Waals surface area (Å²) in [5, 5.41) is 8.26. The molecular weight excluding hydrogens is 90.1 g/mol. The molecule has 0 aliphatic heterocycles. The van der Waals surface area contributed by atoms with E-state index < -0.39 is 0 Å². The molecular formula is C5H9NO. The Labute approximate surface area is 42.6 Å². The second kappa shape index (κ2) is 1.45. The normalized spacial score (nSPS) is 22.6. The van der Waals surface area contributed by atoms with Crippen LogP contribution >= 0.6 is 0 Å². The minimum atomic E-state index is 0.505. The summed E-state index contributed by atoms with van der Waals surface area (Å²) in [7, 11) is 0. The zero-order chi connectivity index (χ0) is 5.28. The quantitative estimate of drug-likeness (QED) is 0.476. The number of allylic oxidation sites excluding steroid dienone is 1. The number of nitrogens with two attached hydrogens (primary N) is 1. The topological polar surface area (TPSA) is 46.2 Å². The highest BCUT2D eigenvalue weighted by molar-refractivity contribution is 5.04. The van der Waals surface area contributed by atoms with Crippen LogP contribution in [0.3, 0.4) is 0 Å². The third kappa shape index (κ3) is 0.856. The molecule has 3 N–H and O–H groups in total. The molecule has 1 aliphatic carbocycles. The molecule has 0 aromatic carbocycles. The Kier molecular flexibility index (Phi) is 0.929. The lowest BCUT2D eigenvalue weighted by Gasteiger charge is -1.88. The van der Waals surface area contributed by atoms with Crippen LogP contribution in [0.15, 0.2) is 12.0 Å². The summed E-state index contributed by atoms with van der Waals surface area (Å²) < 4.78 is 0. The van der Waals surface area contributed by atoms with Gasteiger partial charge in [0.2, 0.25) is 0 Å². The van der Waals surface area contributed by atoms with Crippen molar-refractivity contribution in [1.82, 2.24) is 0 Å². The molecule has 0 radical (unpaired) electrons. The lowest BCUT2D eigenvalue weighted by Crippen LogP contribution is -1.97. The highest BCUT2D eigenvalue weighted by Gasteiger charge is 2.23. The first-order valence-corrected chi connectivity index (χ1v) is 2.44. The van der Waals surface area contributed by atoms with Crippen molar-refractivity contribution in [3.05, 3.63) is 12.0 Å². The summed E-state index contributed by atoms with van der Waals surface area (Å²) >= 11 is 0. The smallest absolute Gasteiger partial charge is 0.0981 e. The first-order valence-electron chi connectivity index (χ1n) is 2.44. The number of hydrogen-bond donors (Lipinski definition) is 2. The van der Waals surface area contributed by atoms with E-state index in [2.05, 4.69) is 0 Å². The van der Waals surface area contributed by atoms with E-state index >= 15 is 0 Å². The van der Waals surface area contributed by atoms with E-state index in [4.69, 9.17) is 10.8 Å². The van der Waals surface area contributed by atoms with Gasteiger partial charge in [-0.1, -0.05) is 0 Å². The van der Waals surface area contributed by atoms with E-state index in [0.717, 1.165) is 19.1 Å². The SMILES string of the molecule is N/C(=C\O)C1CC1. The van der Waals surface area contributed by atoms with Gasteiger partial charge in [-0.3, -0.25) is 0 Å². The van der Waals surface area contributed by atoms with Crippen molar-refractivity contribution >= 4 is 0 Å². The van der Waals surface area contributed by atoms with Gasteiger partial charge in [0.1, 0.15) is 0 Å². The fourth-order valence-electron chi connectivity index (χ4n) is 0.522. The number of rotatable bonds is 1. The van der Waals surface area contributed by atoms with Crippen LogP contribution in [-0.2, 0) is 0 Å². The second-order valence-corrected chi connectivity index (χ2v) is 1.90. The summed E-state index contributed by atoms with van der Waals surface area (Å²) in [6, 6.07) is 0. The van der Waals surface area contributed by atoms with Crippen LogP contribution in [0.2, 0.25) is 0 Å². The maximum atomic E-state index is 8.26. The van der Waals surface area contributed by atoms with E-state index in [1.165, 1.54) is 0 Å².